The predicted octanol–water partition coefficient (Wildman–Crippen LogP) is 3.72. The summed E-state index contributed by atoms with van der Waals surface area (Å²) in [6.07, 6.45) is -10.0. The molecule has 8 heteroatoms. The molecular formula is C8H4F6OS. The van der Waals surface area contributed by atoms with Gasteiger partial charge in [0.05, 0.1) is 11.1 Å². The lowest BCUT2D eigenvalue weighted by molar-refractivity contribution is -0.147. The zero-order chi connectivity index (χ0) is 12.7. The molecule has 1 aromatic carbocycles. The maximum Gasteiger partial charge on any atom is 0.417 e. The Balaban J connectivity index is 3.51. The molecule has 0 atom stereocenters. The highest BCUT2D eigenvalue weighted by molar-refractivity contribution is 7.80. The van der Waals surface area contributed by atoms with E-state index in [1.165, 1.54) is 0 Å². The van der Waals surface area contributed by atoms with Gasteiger partial charge in [0.2, 0.25) is 0 Å². The van der Waals surface area contributed by atoms with Crippen LogP contribution in [0, 0.1) is 0 Å². The number of phenolic OH excluding ortho intramolecular Hbond substituents is 1. The summed E-state index contributed by atoms with van der Waals surface area (Å²) in [5.41, 5.74) is -3.24. The van der Waals surface area contributed by atoms with Crippen molar-refractivity contribution in [3.8, 4) is 5.75 Å². The molecule has 1 aromatic rings. The molecule has 0 heterocycles. The first kappa shape index (κ1) is 13.0. The van der Waals surface area contributed by atoms with Crippen molar-refractivity contribution in [2.75, 3.05) is 0 Å². The van der Waals surface area contributed by atoms with Crippen LogP contribution in [0.5, 0.6) is 5.75 Å². The van der Waals surface area contributed by atoms with E-state index in [0.29, 0.717) is 0 Å². The van der Waals surface area contributed by atoms with Gasteiger partial charge < -0.3 is 5.11 Å². The van der Waals surface area contributed by atoms with E-state index >= 15 is 0 Å². The first-order valence-corrected chi connectivity index (χ1v) is 4.18. The SMILES string of the molecule is Oc1cc(C(F)(F)F)c(S)c(C(F)(F)F)c1. The van der Waals surface area contributed by atoms with Crippen LogP contribution in [0.15, 0.2) is 17.0 Å². The highest BCUT2D eigenvalue weighted by Gasteiger charge is 2.40. The second-order valence-electron chi connectivity index (χ2n) is 2.89. The number of thiol groups is 1. The summed E-state index contributed by atoms with van der Waals surface area (Å²) in [4.78, 5) is -1.25. The Morgan fingerprint density at radius 1 is 0.875 bits per heavy atom. The van der Waals surface area contributed by atoms with Crippen LogP contribution in [-0.4, -0.2) is 5.11 Å². The first-order chi connectivity index (χ1) is 7.03. The normalized spacial score (nSPS) is 12.9. The molecule has 0 fully saturated rings. The summed E-state index contributed by atoms with van der Waals surface area (Å²) in [6.45, 7) is 0. The summed E-state index contributed by atoms with van der Waals surface area (Å²) < 4.78 is 73.6. The zero-order valence-corrected chi connectivity index (χ0v) is 8.21. The van der Waals surface area contributed by atoms with Gasteiger partial charge in [-0.3, -0.25) is 0 Å². The average Bonchev–Trinajstić information content (AvgIpc) is 2.04. The van der Waals surface area contributed by atoms with Crippen LogP contribution in [0.4, 0.5) is 26.3 Å². The molecule has 1 nitrogen and oxygen atoms in total. The Morgan fingerprint density at radius 2 is 1.19 bits per heavy atom. The van der Waals surface area contributed by atoms with E-state index < -0.39 is 34.1 Å². The van der Waals surface area contributed by atoms with E-state index in [-0.39, 0.29) is 12.1 Å². The highest BCUT2D eigenvalue weighted by Crippen LogP contribution is 2.43. The van der Waals surface area contributed by atoms with Crippen LogP contribution in [-0.2, 0) is 12.4 Å². The number of alkyl halides is 6. The molecule has 1 rings (SSSR count). The smallest absolute Gasteiger partial charge is 0.417 e. The molecule has 0 amide bonds. The Hall–Kier alpha value is -1.05. The van der Waals surface area contributed by atoms with Gasteiger partial charge in [-0.05, 0) is 12.1 Å². The van der Waals surface area contributed by atoms with Gasteiger partial charge in [-0.1, -0.05) is 0 Å². The molecular weight excluding hydrogens is 258 g/mol. The second-order valence-corrected chi connectivity index (χ2v) is 3.33. The molecule has 0 aromatic heterocycles. The van der Waals surface area contributed by atoms with Gasteiger partial charge >= 0.3 is 12.4 Å². The highest BCUT2D eigenvalue weighted by atomic mass is 32.1. The molecule has 0 aliphatic rings. The molecule has 90 valence electrons. The van der Waals surface area contributed by atoms with Crippen LogP contribution in [0.25, 0.3) is 0 Å². The largest absolute Gasteiger partial charge is 0.508 e. The van der Waals surface area contributed by atoms with Gasteiger partial charge in [0, 0.05) is 4.90 Å². The van der Waals surface area contributed by atoms with Gasteiger partial charge in [0.15, 0.2) is 0 Å². The number of aromatic hydroxyl groups is 1. The van der Waals surface area contributed by atoms with E-state index in [0.717, 1.165) is 0 Å². The molecule has 0 spiro atoms. The Morgan fingerprint density at radius 3 is 1.44 bits per heavy atom. The molecule has 0 aliphatic heterocycles. The number of halogens is 6. The number of hydrogen-bond acceptors (Lipinski definition) is 2. The van der Waals surface area contributed by atoms with Gasteiger partial charge in [-0.15, -0.1) is 12.6 Å². The molecule has 0 aliphatic carbocycles. The van der Waals surface area contributed by atoms with Crippen molar-refractivity contribution < 1.29 is 31.4 Å². The third-order valence-corrected chi connectivity index (χ3v) is 2.19. The van der Waals surface area contributed by atoms with E-state index in [1.54, 1.807) is 0 Å². The minimum atomic E-state index is -5.00. The fourth-order valence-electron chi connectivity index (χ4n) is 1.05. The summed E-state index contributed by atoms with van der Waals surface area (Å²) in [5.74, 6) is -1.11. The van der Waals surface area contributed by atoms with E-state index in [4.69, 9.17) is 5.11 Å². The quantitative estimate of drug-likeness (QED) is 0.539. The monoisotopic (exact) mass is 262 g/mol. The predicted molar refractivity (Wildman–Crippen MR) is 45.4 cm³/mol. The van der Waals surface area contributed by atoms with Crippen LogP contribution >= 0.6 is 12.6 Å². The van der Waals surface area contributed by atoms with Gasteiger partial charge in [-0.25, -0.2) is 0 Å². The summed E-state index contributed by atoms with van der Waals surface area (Å²) >= 11 is 3.19. The number of hydrogen-bond donors (Lipinski definition) is 2. The van der Waals surface area contributed by atoms with E-state index in [1.807, 2.05) is 0 Å². The average molecular weight is 262 g/mol. The third-order valence-electron chi connectivity index (χ3n) is 1.71. The van der Waals surface area contributed by atoms with E-state index in [9.17, 15) is 26.3 Å². The molecule has 0 radical (unpaired) electrons. The minimum Gasteiger partial charge on any atom is -0.508 e. The maximum atomic E-state index is 12.3. The van der Waals surface area contributed by atoms with Crippen LogP contribution in [0.1, 0.15) is 11.1 Å². The van der Waals surface area contributed by atoms with Crippen molar-refractivity contribution in [1.29, 1.82) is 0 Å². The lowest BCUT2D eigenvalue weighted by Gasteiger charge is -2.15. The Kier molecular flexibility index (Phi) is 3.06. The molecule has 0 unspecified atom stereocenters. The number of rotatable bonds is 0. The first-order valence-electron chi connectivity index (χ1n) is 3.74. The fourth-order valence-corrected chi connectivity index (χ4v) is 1.43. The molecule has 0 bridgehead atoms. The second kappa shape index (κ2) is 3.76. The van der Waals surface area contributed by atoms with Crippen LogP contribution in [0.3, 0.4) is 0 Å². The van der Waals surface area contributed by atoms with Gasteiger partial charge in [0.25, 0.3) is 0 Å². The number of benzene rings is 1. The minimum absolute atomic E-state index is 0.192. The fraction of sp³-hybridized carbons (Fsp3) is 0.250. The van der Waals surface area contributed by atoms with Crippen molar-refractivity contribution in [2.45, 2.75) is 17.2 Å². The van der Waals surface area contributed by atoms with Crippen molar-refractivity contribution in [3.05, 3.63) is 23.3 Å². The summed E-state index contributed by atoms with van der Waals surface area (Å²) in [7, 11) is 0. The lowest BCUT2D eigenvalue weighted by Crippen LogP contribution is -2.12. The topological polar surface area (TPSA) is 20.2 Å². The molecule has 0 saturated heterocycles. The Bertz CT molecular complexity index is 373. The van der Waals surface area contributed by atoms with Crippen molar-refractivity contribution in [1.82, 2.24) is 0 Å². The van der Waals surface area contributed by atoms with E-state index in [2.05, 4.69) is 12.6 Å². The van der Waals surface area contributed by atoms with Crippen molar-refractivity contribution in [3.63, 3.8) is 0 Å². The maximum absolute atomic E-state index is 12.3. The van der Waals surface area contributed by atoms with Gasteiger partial charge in [-0.2, -0.15) is 26.3 Å². The van der Waals surface area contributed by atoms with Crippen LogP contribution in [0.2, 0.25) is 0 Å². The lowest BCUT2D eigenvalue weighted by atomic mass is 10.1. The molecule has 1 N–H and O–H groups in total. The molecule has 0 saturated carbocycles. The van der Waals surface area contributed by atoms with Crippen molar-refractivity contribution in [2.24, 2.45) is 0 Å². The van der Waals surface area contributed by atoms with Crippen LogP contribution < -0.4 is 0 Å². The number of phenols is 1. The molecule has 16 heavy (non-hydrogen) atoms. The third kappa shape index (κ3) is 2.55. The Labute approximate surface area is 91.1 Å². The summed E-state index contributed by atoms with van der Waals surface area (Å²) in [6, 6.07) is 0.384. The van der Waals surface area contributed by atoms with Gasteiger partial charge in [0.1, 0.15) is 5.75 Å². The summed E-state index contributed by atoms with van der Waals surface area (Å²) in [5, 5.41) is 8.81. The zero-order valence-electron chi connectivity index (χ0n) is 7.32. The van der Waals surface area contributed by atoms with Crippen molar-refractivity contribution >= 4 is 12.6 Å². The standard InChI is InChI=1S/C8H4F6OS/c9-7(10,11)4-1-3(15)2-5(6(4)16)8(12,13)14/h1-2,15-16H.